The minimum absolute atomic E-state index is 0.0491. The van der Waals surface area contributed by atoms with Gasteiger partial charge in [0.15, 0.2) is 5.78 Å². The highest BCUT2D eigenvalue weighted by atomic mass is 32.2. The normalized spacial score (nSPS) is 11.8. The van der Waals surface area contributed by atoms with Crippen LogP contribution in [0.15, 0.2) is 23.1 Å². The Bertz CT molecular complexity index is 562. The summed E-state index contributed by atoms with van der Waals surface area (Å²) in [7, 11) is -3.54. The van der Waals surface area contributed by atoms with Gasteiger partial charge in [-0.25, -0.2) is 13.1 Å². The van der Waals surface area contributed by atoms with E-state index in [0.29, 0.717) is 17.7 Å². The molecular weight excluding hydrogens is 262 g/mol. The molecule has 0 unspecified atom stereocenters. The molecule has 0 aromatic heterocycles. The molecule has 0 saturated carbocycles. The molecule has 0 amide bonds. The molecule has 0 aliphatic heterocycles. The van der Waals surface area contributed by atoms with Crippen molar-refractivity contribution >= 4 is 15.8 Å². The van der Waals surface area contributed by atoms with Gasteiger partial charge >= 0.3 is 0 Å². The molecule has 0 aliphatic rings. The maximum atomic E-state index is 12.1. The highest BCUT2D eigenvalue weighted by molar-refractivity contribution is 7.89. The van der Waals surface area contributed by atoms with Crippen LogP contribution >= 0.6 is 0 Å². The van der Waals surface area contributed by atoms with Crippen molar-refractivity contribution in [2.45, 2.75) is 39.0 Å². The Labute approximate surface area is 115 Å². The maximum Gasteiger partial charge on any atom is 0.240 e. The predicted octanol–water partition coefficient (Wildman–Crippen LogP) is 2.52. The Morgan fingerprint density at radius 3 is 2.47 bits per heavy atom. The predicted molar refractivity (Wildman–Crippen MR) is 75.8 cm³/mol. The third-order valence-corrected chi connectivity index (χ3v) is 4.43. The SMILES string of the molecule is CCCNS(=O)(=O)c1cc(C(=O)C(C)C)ccc1C. The van der Waals surface area contributed by atoms with Gasteiger partial charge < -0.3 is 0 Å². The van der Waals surface area contributed by atoms with Crippen LogP contribution in [0.3, 0.4) is 0 Å². The smallest absolute Gasteiger partial charge is 0.240 e. The van der Waals surface area contributed by atoms with Crippen LogP contribution in [0.2, 0.25) is 0 Å². The minimum Gasteiger partial charge on any atom is -0.294 e. The Kier molecular flexibility index (Phi) is 5.26. The Balaban J connectivity index is 3.21. The number of sulfonamides is 1. The molecule has 4 nitrogen and oxygen atoms in total. The van der Waals surface area contributed by atoms with Crippen molar-refractivity contribution in [1.82, 2.24) is 4.72 Å². The zero-order valence-corrected chi connectivity index (χ0v) is 12.7. The summed E-state index contributed by atoms with van der Waals surface area (Å²) < 4.78 is 26.8. The molecule has 5 heteroatoms. The number of hydrogen-bond acceptors (Lipinski definition) is 3. The average molecular weight is 283 g/mol. The Morgan fingerprint density at radius 2 is 1.95 bits per heavy atom. The molecule has 106 valence electrons. The van der Waals surface area contributed by atoms with Gasteiger partial charge in [0.05, 0.1) is 4.90 Å². The second-order valence-corrected chi connectivity index (χ2v) is 6.63. The van der Waals surface area contributed by atoms with Crippen LogP contribution in [-0.2, 0) is 10.0 Å². The summed E-state index contributed by atoms with van der Waals surface area (Å²) in [5.74, 6) is -0.200. The Morgan fingerprint density at radius 1 is 1.32 bits per heavy atom. The number of carbonyl (C=O) groups excluding carboxylic acids is 1. The molecule has 19 heavy (non-hydrogen) atoms. The van der Waals surface area contributed by atoms with Gasteiger partial charge in [0, 0.05) is 18.0 Å². The largest absolute Gasteiger partial charge is 0.294 e. The van der Waals surface area contributed by atoms with Crippen LogP contribution in [-0.4, -0.2) is 20.7 Å². The summed E-state index contributed by atoms with van der Waals surface area (Å²) in [5, 5.41) is 0. The van der Waals surface area contributed by atoms with Crippen molar-refractivity contribution in [3.8, 4) is 0 Å². The first-order chi connectivity index (χ1) is 8.79. The van der Waals surface area contributed by atoms with Gasteiger partial charge in [-0.1, -0.05) is 32.9 Å². The van der Waals surface area contributed by atoms with E-state index in [0.717, 1.165) is 6.42 Å². The second kappa shape index (κ2) is 6.30. The fourth-order valence-electron chi connectivity index (χ4n) is 1.69. The van der Waals surface area contributed by atoms with Crippen LogP contribution in [0.25, 0.3) is 0 Å². The first-order valence-electron chi connectivity index (χ1n) is 6.44. The summed E-state index contributed by atoms with van der Waals surface area (Å²) in [6, 6.07) is 4.82. The molecule has 0 atom stereocenters. The molecule has 0 heterocycles. The monoisotopic (exact) mass is 283 g/mol. The van der Waals surface area contributed by atoms with E-state index >= 15 is 0 Å². The molecule has 0 saturated heterocycles. The van der Waals surface area contributed by atoms with E-state index in [2.05, 4.69) is 4.72 Å². The number of aryl methyl sites for hydroxylation is 1. The zero-order valence-electron chi connectivity index (χ0n) is 11.9. The van der Waals surface area contributed by atoms with Gasteiger partial charge in [-0.15, -0.1) is 0 Å². The third kappa shape index (κ3) is 3.88. The first kappa shape index (κ1) is 15.9. The van der Waals surface area contributed by atoms with Crippen molar-refractivity contribution in [2.24, 2.45) is 5.92 Å². The quantitative estimate of drug-likeness (QED) is 0.816. The van der Waals surface area contributed by atoms with Crippen molar-refractivity contribution in [2.75, 3.05) is 6.54 Å². The van der Waals surface area contributed by atoms with Gasteiger partial charge in [-0.05, 0) is 25.0 Å². The van der Waals surface area contributed by atoms with Crippen LogP contribution < -0.4 is 4.72 Å². The first-order valence-corrected chi connectivity index (χ1v) is 7.92. The highest BCUT2D eigenvalue weighted by Crippen LogP contribution is 2.19. The number of Topliss-reactive ketones (excluding diaryl/α,β-unsaturated/α-hetero) is 1. The van der Waals surface area contributed by atoms with Crippen molar-refractivity contribution in [3.63, 3.8) is 0 Å². The fraction of sp³-hybridized carbons (Fsp3) is 0.500. The lowest BCUT2D eigenvalue weighted by Gasteiger charge is -2.11. The standard InChI is InChI=1S/C14H21NO3S/c1-5-8-15-19(17,18)13-9-12(7-6-11(13)4)14(16)10(2)3/h6-7,9-10,15H,5,8H2,1-4H3. The number of hydrogen-bond donors (Lipinski definition) is 1. The molecule has 0 bridgehead atoms. The van der Waals surface area contributed by atoms with E-state index in [4.69, 9.17) is 0 Å². The molecular formula is C14H21NO3S. The lowest BCUT2D eigenvalue weighted by atomic mass is 10.0. The second-order valence-electron chi connectivity index (χ2n) is 4.90. The summed E-state index contributed by atoms with van der Waals surface area (Å²) >= 11 is 0. The summed E-state index contributed by atoms with van der Waals surface area (Å²) in [6.45, 7) is 7.61. The van der Waals surface area contributed by atoms with E-state index in [-0.39, 0.29) is 16.6 Å². The van der Waals surface area contributed by atoms with Gasteiger partial charge in [0.25, 0.3) is 0 Å². The molecule has 0 radical (unpaired) electrons. The van der Waals surface area contributed by atoms with Crippen molar-refractivity contribution in [3.05, 3.63) is 29.3 Å². The van der Waals surface area contributed by atoms with Crippen LogP contribution in [0.1, 0.15) is 43.1 Å². The maximum absolute atomic E-state index is 12.1. The van der Waals surface area contributed by atoms with Crippen LogP contribution in [0.4, 0.5) is 0 Å². The minimum atomic E-state index is -3.54. The van der Waals surface area contributed by atoms with Gasteiger partial charge in [-0.3, -0.25) is 4.79 Å². The molecule has 0 fully saturated rings. The number of nitrogens with one attached hydrogen (secondary N) is 1. The fourth-order valence-corrected chi connectivity index (χ4v) is 3.09. The lowest BCUT2D eigenvalue weighted by Crippen LogP contribution is -2.25. The summed E-state index contributed by atoms with van der Waals surface area (Å²) in [5.41, 5.74) is 1.08. The number of benzene rings is 1. The Hall–Kier alpha value is -1.20. The number of ketones is 1. The highest BCUT2D eigenvalue weighted by Gasteiger charge is 2.19. The van der Waals surface area contributed by atoms with Crippen molar-refractivity contribution in [1.29, 1.82) is 0 Å². The molecule has 1 aromatic carbocycles. The van der Waals surface area contributed by atoms with E-state index in [1.807, 2.05) is 6.92 Å². The van der Waals surface area contributed by atoms with Crippen molar-refractivity contribution < 1.29 is 13.2 Å². The average Bonchev–Trinajstić information content (AvgIpc) is 2.35. The van der Waals surface area contributed by atoms with Gasteiger partial charge in [-0.2, -0.15) is 0 Å². The van der Waals surface area contributed by atoms with Gasteiger partial charge in [0.1, 0.15) is 0 Å². The zero-order chi connectivity index (χ0) is 14.6. The summed E-state index contributed by atoms with van der Waals surface area (Å²) in [6.07, 6.45) is 0.725. The number of rotatable bonds is 6. The molecule has 1 aromatic rings. The lowest BCUT2D eigenvalue weighted by molar-refractivity contribution is 0.0939. The van der Waals surface area contributed by atoms with E-state index in [1.165, 1.54) is 6.07 Å². The van der Waals surface area contributed by atoms with E-state index < -0.39 is 10.0 Å². The topological polar surface area (TPSA) is 63.2 Å². The number of carbonyl (C=O) groups is 1. The molecule has 0 aliphatic carbocycles. The van der Waals surface area contributed by atoms with E-state index in [1.54, 1.807) is 32.9 Å². The van der Waals surface area contributed by atoms with Crippen LogP contribution in [0.5, 0.6) is 0 Å². The molecule has 1 rings (SSSR count). The van der Waals surface area contributed by atoms with E-state index in [9.17, 15) is 13.2 Å². The van der Waals surface area contributed by atoms with Crippen LogP contribution in [0, 0.1) is 12.8 Å². The summed E-state index contributed by atoms with van der Waals surface area (Å²) in [4.78, 5) is 12.1. The van der Waals surface area contributed by atoms with Gasteiger partial charge in [0.2, 0.25) is 10.0 Å². The molecule has 1 N–H and O–H groups in total. The third-order valence-electron chi connectivity index (χ3n) is 2.83. The molecule has 0 spiro atoms.